The lowest BCUT2D eigenvalue weighted by Gasteiger charge is -2.31. The van der Waals surface area contributed by atoms with E-state index in [1.165, 1.54) is 80.9 Å². The van der Waals surface area contributed by atoms with Crippen LogP contribution in [0.2, 0.25) is 5.15 Å². The third-order valence-electron chi connectivity index (χ3n) is 6.08. The van der Waals surface area contributed by atoms with Crippen molar-refractivity contribution in [3.63, 3.8) is 0 Å². The number of nitrogens with zero attached hydrogens (tertiary/aromatic N) is 2. The molecule has 1 heterocycles. The van der Waals surface area contributed by atoms with Crippen LogP contribution in [0, 0.1) is 0 Å². The van der Waals surface area contributed by atoms with Crippen LogP contribution in [0.5, 0.6) is 0 Å². The Bertz CT molecular complexity index is 701. The Hall–Kier alpha value is -1.41. The number of hydrogen-bond acceptors (Lipinski definition) is 2. The lowest BCUT2D eigenvalue weighted by molar-refractivity contribution is 0.417. The van der Waals surface area contributed by atoms with Crippen LogP contribution in [-0.2, 0) is 0 Å². The molecule has 0 radical (unpaired) electrons. The second-order valence-electron chi connectivity index (χ2n) is 7.70. The standard InChI is InChI=1S/C22H27ClN2/c23-22-20(17-12-6-2-7-13-17)19(16-10-4-1-5-11-16)21(24-25-22)18-14-8-3-9-15-18/h3,8-9,14-17H,1-2,4-7,10-13H2. The molecule has 0 atom stereocenters. The molecule has 0 aliphatic heterocycles. The highest BCUT2D eigenvalue weighted by Crippen LogP contribution is 2.46. The summed E-state index contributed by atoms with van der Waals surface area (Å²) >= 11 is 6.67. The summed E-state index contributed by atoms with van der Waals surface area (Å²) in [5, 5.41) is 9.66. The lowest BCUT2D eigenvalue weighted by Crippen LogP contribution is -2.16. The molecule has 1 aromatic carbocycles. The Morgan fingerprint density at radius 2 is 1.24 bits per heavy atom. The molecule has 2 aliphatic carbocycles. The number of aromatic nitrogens is 2. The van der Waals surface area contributed by atoms with Crippen LogP contribution in [0.15, 0.2) is 30.3 Å². The molecule has 0 N–H and O–H groups in total. The van der Waals surface area contributed by atoms with Crippen LogP contribution in [0.4, 0.5) is 0 Å². The average molecular weight is 355 g/mol. The topological polar surface area (TPSA) is 25.8 Å². The van der Waals surface area contributed by atoms with E-state index in [1.807, 2.05) is 0 Å². The summed E-state index contributed by atoms with van der Waals surface area (Å²) in [5.74, 6) is 1.16. The Kier molecular flexibility index (Phi) is 5.36. The molecule has 0 amide bonds. The van der Waals surface area contributed by atoms with E-state index in [1.54, 1.807) is 0 Å². The minimum Gasteiger partial charge on any atom is -0.149 e. The van der Waals surface area contributed by atoms with Crippen LogP contribution < -0.4 is 0 Å². The smallest absolute Gasteiger partial charge is 0.149 e. The highest BCUT2D eigenvalue weighted by atomic mass is 35.5. The summed E-state index contributed by atoms with van der Waals surface area (Å²) in [7, 11) is 0. The van der Waals surface area contributed by atoms with E-state index in [0.717, 1.165) is 5.69 Å². The van der Waals surface area contributed by atoms with Gasteiger partial charge in [-0.1, -0.05) is 80.5 Å². The number of benzene rings is 1. The number of hydrogen-bond donors (Lipinski definition) is 0. The summed E-state index contributed by atoms with van der Waals surface area (Å²) in [6.07, 6.45) is 13.0. The van der Waals surface area contributed by atoms with Crippen molar-refractivity contribution >= 4 is 11.6 Å². The molecule has 0 spiro atoms. The average Bonchev–Trinajstić information content (AvgIpc) is 2.70. The maximum atomic E-state index is 6.67. The van der Waals surface area contributed by atoms with Crippen LogP contribution >= 0.6 is 11.6 Å². The van der Waals surface area contributed by atoms with E-state index in [-0.39, 0.29) is 0 Å². The normalized spacial score (nSPS) is 19.9. The van der Waals surface area contributed by atoms with Gasteiger partial charge in [0.1, 0.15) is 0 Å². The Morgan fingerprint density at radius 3 is 1.84 bits per heavy atom. The highest BCUT2D eigenvalue weighted by molar-refractivity contribution is 6.30. The second-order valence-corrected chi connectivity index (χ2v) is 8.06. The quantitative estimate of drug-likeness (QED) is 0.599. The Morgan fingerprint density at radius 1 is 0.680 bits per heavy atom. The first kappa shape index (κ1) is 17.0. The van der Waals surface area contributed by atoms with Gasteiger partial charge in [-0.25, -0.2) is 0 Å². The van der Waals surface area contributed by atoms with E-state index >= 15 is 0 Å². The van der Waals surface area contributed by atoms with Gasteiger partial charge in [0.2, 0.25) is 0 Å². The number of halogens is 1. The Labute approximate surface area is 156 Å². The first-order valence-electron chi connectivity index (χ1n) is 9.96. The zero-order chi connectivity index (χ0) is 17.1. The summed E-state index contributed by atoms with van der Waals surface area (Å²) in [6, 6.07) is 10.6. The predicted molar refractivity (Wildman–Crippen MR) is 104 cm³/mol. The largest absolute Gasteiger partial charge is 0.155 e. The molecule has 132 valence electrons. The molecule has 2 nitrogen and oxygen atoms in total. The molecule has 0 unspecified atom stereocenters. The summed E-state index contributed by atoms with van der Waals surface area (Å²) < 4.78 is 0. The molecule has 25 heavy (non-hydrogen) atoms. The molecule has 2 aromatic rings. The maximum Gasteiger partial charge on any atom is 0.155 e. The predicted octanol–water partition coefficient (Wildman–Crippen LogP) is 6.89. The van der Waals surface area contributed by atoms with Gasteiger partial charge >= 0.3 is 0 Å². The minimum atomic E-state index is 0.566. The Balaban J connectivity index is 1.86. The molecule has 1 aromatic heterocycles. The van der Waals surface area contributed by atoms with Crippen molar-refractivity contribution in [3.05, 3.63) is 46.6 Å². The van der Waals surface area contributed by atoms with Crippen LogP contribution in [0.1, 0.15) is 87.2 Å². The van der Waals surface area contributed by atoms with Crippen LogP contribution in [0.3, 0.4) is 0 Å². The lowest BCUT2D eigenvalue weighted by atomic mass is 9.75. The van der Waals surface area contributed by atoms with E-state index < -0.39 is 0 Å². The minimum absolute atomic E-state index is 0.566. The molecule has 4 rings (SSSR count). The summed E-state index contributed by atoms with van der Waals surface area (Å²) in [5.41, 5.74) is 5.03. The van der Waals surface area contributed by atoms with E-state index in [4.69, 9.17) is 11.6 Å². The van der Waals surface area contributed by atoms with Crippen molar-refractivity contribution in [3.8, 4) is 11.3 Å². The maximum absolute atomic E-state index is 6.67. The molecule has 2 fully saturated rings. The monoisotopic (exact) mass is 354 g/mol. The van der Waals surface area contributed by atoms with Crippen molar-refractivity contribution in [2.45, 2.75) is 76.0 Å². The van der Waals surface area contributed by atoms with Gasteiger partial charge in [0.05, 0.1) is 5.69 Å². The first-order chi connectivity index (χ1) is 12.3. The van der Waals surface area contributed by atoms with Gasteiger partial charge < -0.3 is 0 Å². The van der Waals surface area contributed by atoms with Crippen LogP contribution in [0.25, 0.3) is 11.3 Å². The molecule has 0 saturated heterocycles. The van der Waals surface area contributed by atoms with Crippen molar-refractivity contribution in [2.24, 2.45) is 0 Å². The van der Waals surface area contributed by atoms with Gasteiger partial charge in [-0.05, 0) is 43.1 Å². The fraction of sp³-hybridized carbons (Fsp3) is 0.545. The molecular formula is C22H27ClN2. The number of rotatable bonds is 3. The van der Waals surface area contributed by atoms with Crippen molar-refractivity contribution < 1.29 is 0 Å². The molecule has 2 saturated carbocycles. The third-order valence-corrected chi connectivity index (χ3v) is 6.36. The molecule has 0 bridgehead atoms. The van der Waals surface area contributed by atoms with Gasteiger partial charge in [-0.15, -0.1) is 10.2 Å². The fourth-order valence-electron chi connectivity index (χ4n) is 4.83. The van der Waals surface area contributed by atoms with E-state index in [0.29, 0.717) is 17.0 Å². The van der Waals surface area contributed by atoms with Gasteiger partial charge in [0, 0.05) is 11.1 Å². The van der Waals surface area contributed by atoms with Gasteiger partial charge in [0.25, 0.3) is 0 Å². The van der Waals surface area contributed by atoms with Crippen molar-refractivity contribution in [1.29, 1.82) is 0 Å². The zero-order valence-electron chi connectivity index (χ0n) is 14.9. The molecule has 3 heteroatoms. The van der Waals surface area contributed by atoms with Gasteiger partial charge in [0.15, 0.2) is 5.15 Å². The fourth-order valence-corrected chi connectivity index (χ4v) is 5.13. The van der Waals surface area contributed by atoms with Gasteiger partial charge in [-0.3, -0.25) is 0 Å². The van der Waals surface area contributed by atoms with Crippen molar-refractivity contribution in [2.75, 3.05) is 0 Å². The van der Waals surface area contributed by atoms with Crippen LogP contribution in [-0.4, -0.2) is 10.2 Å². The van der Waals surface area contributed by atoms with E-state index in [2.05, 4.69) is 40.5 Å². The molecular weight excluding hydrogens is 328 g/mol. The SMILES string of the molecule is Clc1nnc(-c2ccccc2)c(C2CCCCC2)c1C1CCCCC1. The first-order valence-corrected chi connectivity index (χ1v) is 10.3. The summed E-state index contributed by atoms with van der Waals surface area (Å²) in [4.78, 5) is 0. The van der Waals surface area contributed by atoms with E-state index in [9.17, 15) is 0 Å². The zero-order valence-corrected chi connectivity index (χ0v) is 15.6. The van der Waals surface area contributed by atoms with Crippen molar-refractivity contribution in [1.82, 2.24) is 10.2 Å². The highest BCUT2D eigenvalue weighted by Gasteiger charge is 2.30. The third kappa shape index (κ3) is 3.60. The summed E-state index contributed by atoms with van der Waals surface area (Å²) in [6.45, 7) is 0. The second kappa shape index (κ2) is 7.86. The van der Waals surface area contributed by atoms with Gasteiger partial charge in [-0.2, -0.15) is 0 Å². The molecule has 2 aliphatic rings.